The summed E-state index contributed by atoms with van der Waals surface area (Å²) in [5.41, 5.74) is 3.11. The van der Waals surface area contributed by atoms with E-state index in [1.807, 2.05) is 48.5 Å². The Morgan fingerprint density at radius 3 is 1.56 bits per heavy atom. The number of methoxy groups -OCH3 is 1. The maximum atomic E-state index is 13.5. The predicted octanol–water partition coefficient (Wildman–Crippen LogP) is 1.52. The van der Waals surface area contributed by atoms with Gasteiger partial charge in [-0.1, -0.05) is 34.6 Å². The van der Waals surface area contributed by atoms with Gasteiger partial charge < -0.3 is 15.0 Å². The second-order valence-corrected chi connectivity index (χ2v) is 8.05. The Morgan fingerprint density at radius 2 is 1.32 bits per heavy atom. The molecule has 0 heterocycles. The van der Waals surface area contributed by atoms with Gasteiger partial charge in [0.25, 0.3) is 0 Å². The van der Waals surface area contributed by atoms with E-state index in [0.717, 1.165) is 0 Å². The average molecular weight is 363 g/mol. The van der Waals surface area contributed by atoms with E-state index in [1.54, 1.807) is 14.0 Å². The zero-order valence-electron chi connectivity index (χ0n) is 18.0. The van der Waals surface area contributed by atoms with Gasteiger partial charge in [0.05, 0.1) is 0 Å². The molecule has 0 aromatic heterocycles. The molecule has 0 rings (SSSR count). The van der Waals surface area contributed by atoms with E-state index in [-0.39, 0.29) is 9.76 Å². The molecule has 0 spiro atoms. The van der Waals surface area contributed by atoms with E-state index in [2.05, 4.69) is 0 Å². The molecular formula is C18H44N5O2+. The molecular weight excluding hydrogens is 318 g/mol. The van der Waals surface area contributed by atoms with Crippen LogP contribution in [0.15, 0.2) is 0 Å². The number of hydroxylamine groups is 2. The zero-order chi connectivity index (χ0) is 20.3. The van der Waals surface area contributed by atoms with Crippen molar-refractivity contribution in [3.8, 4) is 0 Å². The summed E-state index contributed by atoms with van der Waals surface area (Å²) in [5, 5.41) is 13.5. The first-order valence-electron chi connectivity index (χ1n) is 9.62. The highest BCUT2D eigenvalue weighted by Crippen LogP contribution is 2.42. The number of nitrogens with zero attached hydrogens (tertiary/aromatic N) is 1. The fourth-order valence-electron chi connectivity index (χ4n) is 4.30. The average Bonchev–Trinajstić information content (AvgIpc) is 2.60. The van der Waals surface area contributed by atoms with Crippen molar-refractivity contribution in [1.29, 1.82) is 0 Å². The molecule has 0 aliphatic rings. The van der Waals surface area contributed by atoms with Gasteiger partial charge in [0.2, 0.25) is 5.72 Å². The van der Waals surface area contributed by atoms with Crippen LogP contribution in [0.3, 0.4) is 0 Å². The minimum Gasteiger partial charge on any atom is -0.632 e. The van der Waals surface area contributed by atoms with Crippen LogP contribution in [0.25, 0.3) is 0 Å². The molecule has 0 saturated carbocycles. The fourth-order valence-corrected chi connectivity index (χ4v) is 4.30. The van der Waals surface area contributed by atoms with Crippen molar-refractivity contribution in [3.05, 3.63) is 5.21 Å². The summed E-state index contributed by atoms with van der Waals surface area (Å²) in [4.78, 5) is 0. The molecule has 25 heavy (non-hydrogen) atoms. The van der Waals surface area contributed by atoms with E-state index >= 15 is 0 Å². The number of hydrogen-bond donors (Lipinski definition) is 4. The van der Waals surface area contributed by atoms with Crippen molar-refractivity contribution in [2.45, 2.75) is 110 Å². The minimum absolute atomic E-state index is 0.00459. The first-order chi connectivity index (χ1) is 11.3. The van der Waals surface area contributed by atoms with Gasteiger partial charge in [0.15, 0.2) is 11.1 Å². The minimum atomic E-state index is -0.921. The maximum Gasteiger partial charge on any atom is 0.238 e. The van der Waals surface area contributed by atoms with Crippen molar-refractivity contribution in [2.75, 3.05) is 7.11 Å². The Morgan fingerprint density at radius 1 is 0.880 bits per heavy atom. The third-order valence-corrected chi connectivity index (χ3v) is 7.31. The first kappa shape index (κ1) is 24.7. The van der Waals surface area contributed by atoms with E-state index in [4.69, 9.17) is 22.2 Å². The molecule has 7 heteroatoms. The molecule has 152 valence electrons. The number of nitrogens with two attached hydrogens (primary N) is 3. The third-order valence-electron chi connectivity index (χ3n) is 7.31. The van der Waals surface area contributed by atoms with E-state index in [9.17, 15) is 5.21 Å². The van der Waals surface area contributed by atoms with Crippen molar-refractivity contribution >= 4 is 0 Å². The summed E-state index contributed by atoms with van der Waals surface area (Å²) >= 11 is 0. The standard InChI is InChI=1S/C18H44N5O2/c1-10-15(6,22(24)17(8,19)12-3)16(7,11-2)23(20,21)18(13-4,14-5)25-9/h22H,10-14,19-21H2,1-9H3/q+1. The highest BCUT2D eigenvalue weighted by Gasteiger charge is 2.67. The molecule has 7 nitrogen and oxygen atoms in total. The Labute approximate surface area is 154 Å². The predicted molar refractivity (Wildman–Crippen MR) is 104 cm³/mol. The summed E-state index contributed by atoms with van der Waals surface area (Å²) in [7, 11) is 1.64. The van der Waals surface area contributed by atoms with Crippen LogP contribution in [0, 0.1) is 5.21 Å². The summed E-state index contributed by atoms with van der Waals surface area (Å²) in [6.45, 7) is 15.7. The number of quaternary nitrogens is 2. The lowest BCUT2D eigenvalue weighted by atomic mass is 9.71. The molecule has 0 fully saturated rings. The summed E-state index contributed by atoms with van der Waals surface area (Å²) < 4.78 is 5.49. The van der Waals surface area contributed by atoms with Gasteiger partial charge in [-0.2, -0.15) is 11.7 Å². The van der Waals surface area contributed by atoms with Crippen LogP contribution in [-0.2, 0) is 4.74 Å². The van der Waals surface area contributed by atoms with E-state index in [0.29, 0.717) is 32.1 Å². The summed E-state index contributed by atoms with van der Waals surface area (Å²) in [6.07, 6.45) is 3.08. The molecule has 0 amide bonds. The quantitative estimate of drug-likeness (QED) is 0.192. The van der Waals surface area contributed by atoms with Gasteiger partial charge in [-0.3, -0.25) is 5.73 Å². The molecule has 0 radical (unpaired) electrons. The summed E-state index contributed by atoms with van der Waals surface area (Å²) in [5.74, 6) is 13.6. The van der Waals surface area contributed by atoms with Gasteiger partial charge in [0.1, 0.15) is 5.66 Å². The van der Waals surface area contributed by atoms with Crippen LogP contribution in [0.5, 0.6) is 0 Å². The lowest BCUT2D eigenvalue weighted by molar-refractivity contribution is -1.10. The van der Waals surface area contributed by atoms with Crippen LogP contribution in [-0.4, -0.2) is 34.3 Å². The normalized spacial score (nSPS) is 22.0. The van der Waals surface area contributed by atoms with Crippen molar-refractivity contribution in [1.82, 2.24) is 0 Å². The fraction of sp³-hybridized carbons (Fsp3) is 1.00. The van der Waals surface area contributed by atoms with Gasteiger partial charge >= 0.3 is 0 Å². The molecule has 0 aromatic carbocycles. The Kier molecular flexibility index (Phi) is 8.08. The van der Waals surface area contributed by atoms with Gasteiger partial charge in [-0.05, 0) is 6.92 Å². The van der Waals surface area contributed by atoms with Crippen molar-refractivity contribution in [2.24, 2.45) is 17.4 Å². The van der Waals surface area contributed by atoms with Gasteiger partial charge in [-0.15, -0.1) is 4.70 Å². The largest absolute Gasteiger partial charge is 0.632 e. The van der Waals surface area contributed by atoms with Crippen LogP contribution in [0.1, 0.15) is 87.5 Å². The highest BCUT2D eigenvalue weighted by molar-refractivity contribution is 4.96. The molecule has 0 aliphatic heterocycles. The summed E-state index contributed by atoms with van der Waals surface area (Å²) in [6, 6.07) is 0. The van der Waals surface area contributed by atoms with Gasteiger partial charge in [-0.25, -0.2) is 0 Å². The lowest BCUT2D eigenvalue weighted by Gasteiger charge is -2.62. The van der Waals surface area contributed by atoms with Crippen LogP contribution >= 0.6 is 0 Å². The highest BCUT2D eigenvalue weighted by atomic mass is 16.5. The van der Waals surface area contributed by atoms with Gasteiger partial charge in [0, 0.05) is 53.1 Å². The molecule has 4 atom stereocenters. The van der Waals surface area contributed by atoms with Crippen LogP contribution in [0.4, 0.5) is 0 Å². The number of nitrogens with one attached hydrogen (secondary N) is 1. The van der Waals surface area contributed by atoms with Crippen molar-refractivity contribution < 1.29 is 14.5 Å². The van der Waals surface area contributed by atoms with Crippen LogP contribution < -0.4 is 22.5 Å². The zero-order valence-corrected chi connectivity index (χ0v) is 18.0. The first-order valence-corrected chi connectivity index (χ1v) is 9.62. The Balaban J connectivity index is 6.55. The third kappa shape index (κ3) is 3.48. The Hall–Kier alpha value is -0.280. The Bertz CT molecular complexity index is 417. The SMILES string of the molecule is CCC(C)(N)[NH+]([O-])C(C)(CC)C(C)(CC)[N+](N)(N)C(CC)(CC)OC. The van der Waals surface area contributed by atoms with E-state index in [1.165, 1.54) is 0 Å². The maximum absolute atomic E-state index is 13.5. The van der Waals surface area contributed by atoms with Crippen molar-refractivity contribution in [3.63, 3.8) is 0 Å². The molecule has 0 bridgehead atoms. The van der Waals surface area contributed by atoms with E-state index < -0.39 is 22.5 Å². The lowest BCUT2D eigenvalue weighted by Crippen LogP contribution is -3.27. The number of ether oxygens (including phenoxy) is 1. The molecule has 7 N–H and O–H groups in total. The second-order valence-electron chi connectivity index (χ2n) is 8.05. The second kappa shape index (κ2) is 8.17. The topological polar surface area (TPSA) is 115 Å². The molecule has 4 unspecified atom stereocenters. The smallest absolute Gasteiger partial charge is 0.238 e. The number of rotatable bonds is 11. The van der Waals surface area contributed by atoms with Crippen LogP contribution in [0.2, 0.25) is 0 Å². The molecule has 0 saturated heterocycles. The molecule has 0 aromatic rings. The monoisotopic (exact) mass is 362 g/mol. The molecule has 0 aliphatic carbocycles. The number of hydrogen-bond acceptors (Lipinski definition) is 5.